The Kier molecular flexibility index (Phi) is 5.92. The fraction of sp³-hybridized carbons (Fsp3) is 0.562. The lowest BCUT2D eigenvalue weighted by atomic mass is 10.00. The van der Waals surface area contributed by atoms with Gasteiger partial charge in [-0.25, -0.2) is 8.42 Å². The van der Waals surface area contributed by atoms with Gasteiger partial charge in [-0.3, -0.25) is 9.10 Å². The second kappa shape index (κ2) is 7.53. The normalized spacial score (nSPS) is 18.7. The average Bonchev–Trinajstić information content (AvgIpc) is 2.51. The molecule has 128 valence electrons. The third-order valence-electron chi connectivity index (χ3n) is 4.19. The van der Waals surface area contributed by atoms with E-state index in [1.807, 2.05) is 4.90 Å². The van der Waals surface area contributed by atoms with Crippen LogP contribution in [-0.4, -0.2) is 44.6 Å². The minimum atomic E-state index is -3.57. The zero-order chi connectivity index (χ0) is 17.0. The largest absolute Gasteiger partial charge is 0.338 e. The van der Waals surface area contributed by atoms with E-state index in [1.165, 1.54) is 0 Å². The summed E-state index contributed by atoms with van der Waals surface area (Å²) in [6.07, 6.45) is 5.07. The summed E-state index contributed by atoms with van der Waals surface area (Å²) in [5.41, 5.74) is 0.415. The van der Waals surface area contributed by atoms with Crippen LogP contribution in [-0.2, 0) is 14.8 Å². The van der Waals surface area contributed by atoms with Crippen molar-refractivity contribution in [1.82, 2.24) is 4.90 Å². The molecule has 0 saturated carbocycles. The first-order valence-corrected chi connectivity index (χ1v) is 10.1. The Hall–Kier alpha value is -1.27. The van der Waals surface area contributed by atoms with Gasteiger partial charge in [0.1, 0.15) is 6.54 Å². The zero-order valence-corrected chi connectivity index (χ0v) is 15.1. The third kappa shape index (κ3) is 4.61. The minimum Gasteiger partial charge on any atom is -0.338 e. The summed E-state index contributed by atoms with van der Waals surface area (Å²) < 4.78 is 25.4. The Balaban J connectivity index is 2.23. The van der Waals surface area contributed by atoms with Gasteiger partial charge in [0, 0.05) is 17.6 Å². The van der Waals surface area contributed by atoms with Gasteiger partial charge in [-0.15, -0.1) is 0 Å². The van der Waals surface area contributed by atoms with E-state index in [4.69, 9.17) is 11.6 Å². The van der Waals surface area contributed by atoms with Gasteiger partial charge in [0.15, 0.2) is 0 Å². The number of piperidine rings is 1. The number of likely N-dealkylation sites (tertiary alicyclic amines) is 1. The maximum Gasteiger partial charge on any atom is 0.243 e. The number of carbonyl (C=O) groups excluding carboxylic acids is 1. The molecule has 23 heavy (non-hydrogen) atoms. The number of anilines is 1. The van der Waals surface area contributed by atoms with E-state index in [1.54, 1.807) is 24.3 Å². The molecule has 5 nitrogen and oxygen atoms in total. The van der Waals surface area contributed by atoms with Crippen molar-refractivity contribution in [2.45, 2.75) is 38.6 Å². The van der Waals surface area contributed by atoms with Gasteiger partial charge >= 0.3 is 0 Å². The molecule has 1 aromatic carbocycles. The summed E-state index contributed by atoms with van der Waals surface area (Å²) in [6.45, 7) is 2.57. The van der Waals surface area contributed by atoms with Crippen LogP contribution in [0.15, 0.2) is 24.3 Å². The lowest BCUT2D eigenvalue weighted by Gasteiger charge is -2.36. The van der Waals surface area contributed by atoms with Crippen molar-refractivity contribution in [3.05, 3.63) is 29.3 Å². The number of amides is 1. The van der Waals surface area contributed by atoms with Gasteiger partial charge in [-0.1, -0.05) is 24.6 Å². The lowest BCUT2D eigenvalue weighted by Crippen LogP contribution is -2.48. The van der Waals surface area contributed by atoms with Crippen molar-refractivity contribution in [2.75, 3.05) is 23.7 Å². The van der Waals surface area contributed by atoms with Crippen LogP contribution in [0.25, 0.3) is 0 Å². The second-order valence-corrected chi connectivity index (χ2v) is 8.24. The summed E-state index contributed by atoms with van der Waals surface area (Å²) in [5, 5.41) is 0.438. The third-order valence-corrected chi connectivity index (χ3v) is 5.57. The molecule has 0 aromatic heterocycles. The van der Waals surface area contributed by atoms with Crippen LogP contribution >= 0.6 is 11.6 Å². The maximum atomic E-state index is 12.7. The highest BCUT2D eigenvalue weighted by molar-refractivity contribution is 7.92. The van der Waals surface area contributed by atoms with Crippen LogP contribution in [0.2, 0.25) is 5.02 Å². The Morgan fingerprint density at radius 2 is 2.13 bits per heavy atom. The first-order chi connectivity index (χ1) is 10.8. The van der Waals surface area contributed by atoms with Gasteiger partial charge in [0.05, 0.1) is 11.9 Å². The summed E-state index contributed by atoms with van der Waals surface area (Å²) in [5.74, 6) is -0.151. The fourth-order valence-electron chi connectivity index (χ4n) is 3.00. The highest BCUT2D eigenvalue weighted by Gasteiger charge is 2.29. The molecule has 1 saturated heterocycles. The number of benzene rings is 1. The molecule has 1 unspecified atom stereocenters. The Morgan fingerprint density at radius 3 is 2.74 bits per heavy atom. The molecule has 0 radical (unpaired) electrons. The standard InChI is InChI=1S/C16H23ClN2O3S/c1-3-14-8-4-5-10-18(14)16(20)12-19(23(2,21)22)15-9-6-7-13(17)11-15/h6-7,9,11,14H,3-5,8,10,12H2,1-2H3. The summed E-state index contributed by atoms with van der Waals surface area (Å²) in [4.78, 5) is 14.5. The molecule has 1 aliphatic rings. The number of hydrogen-bond donors (Lipinski definition) is 0. The highest BCUT2D eigenvalue weighted by Crippen LogP contribution is 2.24. The van der Waals surface area contributed by atoms with Crippen molar-refractivity contribution in [1.29, 1.82) is 0 Å². The van der Waals surface area contributed by atoms with E-state index in [2.05, 4.69) is 6.92 Å². The predicted molar refractivity (Wildman–Crippen MR) is 93.3 cm³/mol. The van der Waals surface area contributed by atoms with Crippen LogP contribution in [0.1, 0.15) is 32.6 Å². The Bertz CT molecular complexity index is 663. The number of rotatable bonds is 5. The van der Waals surface area contributed by atoms with E-state index in [-0.39, 0.29) is 18.5 Å². The number of halogens is 1. The molecule has 0 spiro atoms. The van der Waals surface area contributed by atoms with Gasteiger partial charge in [0.25, 0.3) is 0 Å². The molecule has 2 rings (SSSR count). The molecule has 0 bridgehead atoms. The van der Waals surface area contributed by atoms with Crippen LogP contribution in [0.4, 0.5) is 5.69 Å². The molecule has 1 amide bonds. The Morgan fingerprint density at radius 1 is 1.39 bits per heavy atom. The minimum absolute atomic E-state index is 0.151. The molecular formula is C16H23ClN2O3S. The quantitative estimate of drug-likeness (QED) is 0.813. The van der Waals surface area contributed by atoms with Crippen molar-refractivity contribution in [3.8, 4) is 0 Å². The Labute approximate surface area is 143 Å². The van der Waals surface area contributed by atoms with Gasteiger partial charge in [-0.2, -0.15) is 0 Å². The van der Waals surface area contributed by atoms with E-state index in [9.17, 15) is 13.2 Å². The van der Waals surface area contributed by atoms with Gasteiger partial charge in [-0.05, 0) is 43.9 Å². The van der Waals surface area contributed by atoms with E-state index in [0.717, 1.165) is 36.2 Å². The second-order valence-electron chi connectivity index (χ2n) is 5.89. The molecule has 1 aliphatic heterocycles. The molecule has 7 heteroatoms. The fourth-order valence-corrected chi connectivity index (χ4v) is 4.02. The average molecular weight is 359 g/mol. The number of carbonyl (C=O) groups is 1. The SMILES string of the molecule is CCC1CCCCN1C(=O)CN(c1cccc(Cl)c1)S(C)(=O)=O. The summed E-state index contributed by atoms with van der Waals surface area (Å²) >= 11 is 5.95. The lowest BCUT2D eigenvalue weighted by molar-refractivity contribution is -0.133. The van der Waals surface area contributed by atoms with Crippen molar-refractivity contribution >= 4 is 33.2 Å². The molecular weight excluding hydrogens is 336 g/mol. The van der Waals surface area contributed by atoms with E-state index in [0.29, 0.717) is 17.3 Å². The monoisotopic (exact) mass is 358 g/mol. The molecule has 1 aromatic rings. The summed E-state index contributed by atoms with van der Waals surface area (Å²) in [6, 6.07) is 6.76. The summed E-state index contributed by atoms with van der Waals surface area (Å²) in [7, 11) is -3.57. The number of nitrogens with zero attached hydrogens (tertiary/aromatic N) is 2. The van der Waals surface area contributed by atoms with Crippen LogP contribution < -0.4 is 4.31 Å². The first-order valence-electron chi connectivity index (χ1n) is 7.85. The molecule has 1 heterocycles. The topological polar surface area (TPSA) is 57.7 Å². The molecule has 0 N–H and O–H groups in total. The van der Waals surface area contributed by atoms with E-state index < -0.39 is 10.0 Å². The maximum absolute atomic E-state index is 12.7. The van der Waals surface area contributed by atoms with Crippen molar-refractivity contribution in [3.63, 3.8) is 0 Å². The number of hydrogen-bond acceptors (Lipinski definition) is 3. The first kappa shape index (κ1) is 18.1. The van der Waals surface area contributed by atoms with Crippen LogP contribution in [0, 0.1) is 0 Å². The zero-order valence-electron chi connectivity index (χ0n) is 13.5. The van der Waals surface area contributed by atoms with Crippen LogP contribution in [0.3, 0.4) is 0 Å². The molecule has 1 fully saturated rings. The highest BCUT2D eigenvalue weighted by atomic mass is 35.5. The smallest absolute Gasteiger partial charge is 0.243 e. The van der Waals surface area contributed by atoms with Crippen molar-refractivity contribution in [2.24, 2.45) is 0 Å². The van der Waals surface area contributed by atoms with Gasteiger partial charge < -0.3 is 4.90 Å². The van der Waals surface area contributed by atoms with Crippen molar-refractivity contribution < 1.29 is 13.2 Å². The van der Waals surface area contributed by atoms with Crippen LogP contribution in [0.5, 0.6) is 0 Å². The predicted octanol–water partition coefficient (Wildman–Crippen LogP) is 2.90. The number of sulfonamides is 1. The molecule has 0 aliphatic carbocycles. The van der Waals surface area contributed by atoms with Gasteiger partial charge in [0.2, 0.25) is 15.9 Å². The molecule has 1 atom stereocenters. The van der Waals surface area contributed by atoms with E-state index >= 15 is 0 Å².